The van der Waals surface area contributed by atoms with E-state index in [1.54, 1.807) is 38.3 Å². The van der Waals surface area contributed by atoms with Gasteiger partial charge in [-0.3, -0.25) is 14.9 Å². The minimum atomic E-state index is -0.382. The fraction of sp³-hybridized carbons (Fsp3) is 0.467. The van der Waals surface area contributed by atoms with Crippen molar-refractivity contribution in [1.29, 1.82) is 0 Å². The van der Waals surface area contributed by atoms with Gasteiger partial charge in [-0.2, -0.15) is 0 Å². The lowest BCUT2D eigenvalue weighted by Crippen LogP contribution is -2.45. The van der Waals surface area contributed by atoms with Crippen LogP contribution in [0.5, 0.6) is 5.75 Å². The first-order valence-electron chi connectivity index (χ1n) is 7.06. The van der Waals surface area contributed by atoms with Crippen LogP contribution in [-0.4, -0.2) is 37.6 Å². The first-order valence-corrected chi connectivity index (χ1v) is 7.06. The quantitative estimate of drug-likeness (QED) is 0.697. The largest absolute Gasteiger partial charge is 0.497 e. The molecule has 0 aliphatic heterocycles. The third kappa shape index (κ3) is 5.07. The van der Waals surface area contributed by atoms with Gasteiger partial charge in [0.2, 0.25) is 11.8 Å². The number of carbonyl (C=O) groups excluding carboxylic acids is 2. The normalized spacial score (nSPS) is 15.1. The average Bonchev–Trinajstić information content (AvgIpc) is 3.29. The zero-order chi connectivity index (χ0) is 15.2. The molecule has 1 saturated carbocycles. The molecule has 1 aliphatic rings. The van der Waals surface area contributed by atoms with Gasteiger partial charge in [-0.1, -0.05) is 0 Å². The standard InChI is InChI=1S/C15H21N3O3/c1-10(15(20)18-12-3-4-12)16-9-14(19)17-11-5-7-13(21-2)8-6-11/h5-8,10,12,16H,3-4,9H2,1-2H3,(H,17,19)(H,18,20). The summed E-state index contributed by atoms with van der Waals surface area (Å²) in [5, 5.41) is 8.55. The van der Waals surface area contributed by atoms with Crippen LogP contribution < -0.4 is 20.7 Å². The number of hydrogen-bond acceptors (Lipinski definition) is 4. The third-order valence-electron chi connectivity index (χ3n) is 3.26. The fourth-order valence-electron chi connectivity index (χ4n) is 1.77. The van der Waals surface area contributed by atoms with E-state index in [9.17, 15) is 9.59 Å². The molecule has 6 nitrogen and oxygen atoms in total. The van der Waals surface area contributed by atoms with Crippen molar-refractivity contribution in [2.45, 2.75) is 31.8 Å². The van der Waals surface area contributed by atoms with Gasteiger partial charge in [-0.05, 0) is 44.0 Å². The van der Waals surface area contributed by atoms with E-state index in [1.165, 1.54) is 0 Å². The molecule has 0 heterocycles. The number of benzene rings is 1. The second kappa shape index (κ2) is 7.08. The van der Waals surface area contributed by atoms with Crippen LogP contribution in [0.1, 0.15) is 19.8 Å². The van der Waals surface area contributed by atoms with Crippen LogP contribution in [-0.2, 0) is 9.59 Å². The summed E-state index contributed by atoms with van der Waals surface area (Å²) in [6.07, 6.45) is 2.10. The Hall–Kier alpha value is -2.08. The van der Waals surface area contributed by atoms with Gasteiger partial charge in [0, 0.05) is 11.7 Å². The van der Waals surface area contributed by atoms with Crippen molar-refractivity contribution in [2.75, 3.05) is 19.0 Å². The summed E-state index contributed by atoms with van der Waals surface area (Å²) in [6.45, 7) is 1.84. The van der Waals surface area contributed by atoms with Crippen LogP contribution in [0.3, 0.4) is 0 Å². The zero-order valence-corrected chi connectivity index (χ0v) is 12.3. The Morgan fingerprint density at radius 3 is 2.52 bits per heavy atom. The number of carbonyl (C=O) groups is 2. The summed E-state index contributed by atoms with van der Waals surface area (Å²) >= 11 is 0. The van der Waals surface area contributed by atoms with E-state index in [-0.39, 0.29) is 24.4 Å². The second-order valence-electron chi connectivity index (χ2n) is 5.16. The molecule has 1 aromatic rings. The minimum Gasteiger partial charge on any atom is -0.497 e. The highest BCUT2D eigenvalue weighted by Gasteiger charge is 2.25. The molecule has 2 rings (SSSR count). The van der Waals surface area contributed by atoms with Crippen molar-refractivity contribution in [2.24, 2.45) is 0 Å². The molecule has 3 N–H and O–H groups in total. The molecule has 1 fully saturated rings. The maximum atomic E-state index is 11.8. The molecule has 1 atom stereocenters. The van der Waals surface area contributed by atoms with Crippen molar-refractivity contribution in [1.82, 2.24) is 10.6 Å². The monoisotopic (exact) mass is 291 g/mol. The Morgan fingerprint density at radius 2 is 1.95 bits per heavy atom. The molecule has 0 aromatic heterocycles. The first kappa shape index (κ1) is 15.3. The Kier molecular flexibility index (Phi) is 5.16. The predicted octanol–water partition coefficient (Wildman–Crippen LogP) is 0.890. The molecule has 21 heavy (non-hydrogen) atoms. The zero-order valence-electron chi connectivity index (χ0n) is 12.3. The lowest BCUT2D eigenvalue weighted by Gasteiger charge is -2.13. The molecule has 1 unspecified atom stereocenters. The van der Waals surface area contributed by atoms with Crippen molar-refractivity contribution < 1.29 is 14.3 Å². The Balaban J connectivity index is 1.71. The summed E-state index contributed by atoms with van der Waals surface area (Å²) in [6, 6.07) is 7.02. The Labute approximate surface area is 124 Å². The summed E-state index contributed by atoms with van der Waals surface area (Å²) in [5.74, 6) is 0.484. The van der Waals surface area contributed by atoms with E-state index in [2.05, 4.69) is 16.0 Å². The van der Waals surface area contributed by atoms with E-state index in [4.69, 9.17) is 4.74 Å². The summed E-state index contributed by atoms with van der Waals surface area (Å²) in [4.78, 5) is 23.5. The molecular formula is C15H21N3O3. The van der Waals surface area contributed by atoms with Crippen LogP contribution in [0.2, 0.25) is 0 Å². The van der Waals surface area contributed by atoms with Crippen LogP contribution in [0.25, 0.3) is 0 Å². The number of nitrogens with one attached hydrogen (secondary N) is 3. The maximum Gasteiger partial charge on any atom is 0.238 e. The number of amides is 2. The molecule has 0 spiro atoms. The first-order chi connectivity index (χ1) is 10.1. The lowest BCUT2D eigenvalue weighted by atomic mass is 10.3. The van der Waals surface area contributed by atoms with Gasteiger partial charge >= 0.3 is 0 Å². The second-order valence-corrected chi connectivity index (χ2v) is 5.16. The summed E-state index contributed by atoms with van der Waals surface area (Å²) in [5.41, 5.74) is 0.692. The highest BCUT2D eigenvalue weighted by Crippen LogP contribution is 2.18. The smallest absolute Gasteiger partial charge is 0.238 e. The van der Waals surface area contributed by atoms with Crippen LogP contribution in [0, 0.1) is 0 Å². The molecule has 0 radical (unpaired) electrons. The maximum absolute atomic E-state index is 11.8. The van der Waals surface area contributed by atoms with E-state index in [0.717, 1.165) is 18.6 Å². The van der Waals surface area contributed by atoms with Crippen molar-refractivity contribution in [3.63, 3.8) is 0 Å². The molecule has 0 saturated heterocycles. The molecule has 1 aliphatic carbocycles. The van der Waals surface area contributed by atoms with E-state index < -0.39 is 0 Å². The van der Waals surface area contributed by atoms with Crippen molar-refractivity contribution in [3.05, 3.63) is 24.3 Å². The van der Waals surface area contributed by atoms with Gasteiger partial charge in [0.15, 0.2) is 0 Å². The lowest BCUT2D eigenvalue weighted by molar-refractivity contribution is -0.123. The van der Waals surface area contributed by atoms with E-state index in [1.807, 2.05) is 0 Å². The van der Waals surface area contributed by atoms with E-state index >= 15 is 0 Å². The van der Waals surface area contributed by atoms with Gasteiger partial charge in [0.25, 0.3) is 0 Å². The Bertz CT molecular complexity index is 497. The van der Waals surface area contributed by atoms with Crippen LogP contribution in [0.4, 0.5) is 5.69 Å². The van der Waals surface area contributed by atoms with Crippen molar-refractivity contribution in [3.8, 4) is 5.75 Å². The molecule has 6 heteroatoms. The van der Waals surface area contributed by atoms with Crippen molar-refractivity contribution >= 4 is 17.5 Å². The molecule has 114 valence electrons. The number of hydrogen-bond donors (Lipinski definition) is 3. The highest BCUT2D eigenvalue weighted by molar-refractivity contribution is 5.92. The number of anilines is 1. The predicted molar refractivity (Wildman–Crippen MR) is 80.3 cm³/mol. The van der Waals surface area contributed by atoms with Gasteiger partial charge in [0.05, 0.1) is 19.7 Å². The minimum absolute atomic E-state index is 0.0604. The molecule has 2 amide bonds. The van der Waals surface area contributed by atoms with Gasteiger partial charge in [-0.15, -0.1) is 0 Å². The topological polar surface area (TPSA) is 79.5 Å². The van der Waals surface area contributed by atoms with E-state index in [0.29, 0.717) is 11.7 Å². The van der Waals surface area contributed by atoms with Gasteiger partial charge in [0.1, 0.15) is 5.75 Å². The summed E-state index contributed by atoms with van der Waals surface area (Å²) in [7, 11) is 1.59. The van der Waals surface area contributed by atoms with Gasteiger partial charge in [-0.25, -0.2) is 0 Å². The molecule has 0 bridgehead atoms. The van der Waals surface area contributed by atoms with Crippen LogP contribution >= 0.6 is 0 Å². The number of methoxy groups -OCH3 is 1. The molecular weight excluding hydrogens is 270 g/mol. The molecule has 1 aromatic carbocycles. The fourth-order valence-corrected chi connectivity index (χ4v) is 1.77. The summed E-state index contributed by atoms with van der Waals surface area (Å²) < 4.78 is 5.05. The third-order valence-corrected chi connectivity index (χ3v) is 3.26. The van der Waals surface area contributed by atoms with Crippen LogP contribution in [0.15, 0.2) is 24.3 Å². The number of rotatable bonds is 7. The average molecular weight is 291 g/mol. The SMILES string of the molecule is COc1ccc(NC(=O)CNC(C)C(=O)NC2CC2)cc1. The van der Waals surface area contributed by atoms with Gasteiger partial charge < -0.3 is 15.4 Å². The number of ether oxygens (including phenoxy) is 1. The highest BCUT2D eigenvalue weighted by atomic mass is 16.5. The Morgan fingerprint density at radius 1 is 1.29 bits per heavy atom.